The first-order valence-electron chi connectivity index (χ1n) is 4.33. The van der Waals surface area contributed by atoms with Crippen LogP contribution in [0.2, 0.25) is 0 Å². The summed E-state index contributed by atoms with van der Waals surface area (Å²) in [5, 5.41) is 26.0. The van der Waals surface area contributed by atoms with Crippen LogP contribution in [0.3, 0.4) is 0 Å². The number of nitrogens with zero attached hydrogens (tertiary/aromatic N) is 3. The lowest BCUT2D eigenvalue weighted by Gasteiger charge is -2.40. The number of carboxylic acid groups (broad SMARTS) is 1. The van der Waals surface area contributed by atoms with Crippen molar-refractivity contribution in [2.45, 2.75) is 18.4 Å². The Morgan fingerprint density at radius 1 is 1.71 bits per heavy atom. The van der Waals surface area contributed by atoms with Gasteiger partial charge in [0.25, 0.3) is 0 Å². The lowest BCUT2D eigenvalue weighted by atomic mass is 9.69. The van der Waals surface area contributed by atoms with Gasteiger partial charge in [-0.25, -0.2) is 4.68 Å². The Balaban J connectivity index is 2.15. The van der Waals surface area contributed by atoms with E-state index < -0.39 is 17.5 Å². The van der Waals surface area contributed by atoms with E-state index in [0.29, 0.717) is 5.69 Å². The summed E-state index contributed by atoms with van der Waals surface area (Å²) in [6.07, 6.45) is 1.95. The third-order valence-corrected chi connectivity index (χ3v) is 2.71. The summed E-state index contributed by atoms with van der Waals surface area (Å²) in [5.41, 5.74) is -0.476. The number of carboxylic acids is 1. The molecule has 6 heteroatoms. The van der Waals surface area contributed by atoms with Gasteiger partial charge in [-0.1, -0.05) is 5.21 Å². The molecule has 14 heavy (non-hydrogen) atoms. The van der Waals surface area contributed by atoms with Crippen molar-refractivity contribution in [1.29, 1.82) is 0 Å². The summed E-state index contributed by atoms with van der Waals surface area (Å²) in [4.78, 5) is 10.6. The molecule has 0 aliphatic heterocycles. The van der Waals surface area contributed by atoms with E-state index in [-0.39, 0.29) is 12.8 Å². The number of aliphatic carboxylic acids is 1. The monoisotopic (exact) mass is 197 g/mol. The van der Waals surface area contributed by atoms with E-state index in [1.807, 2.05) is 0 Å². The van der Waals surface area contributed by atoms with Gasteiger partial charge in [-0.15, -0.1) is 5.10 Å². The second-order valence-corrected chi connectivity index (χ2v) is 3.72. The minimum absolute atomic E-state index is 0.240. The van der Waals surface area contributed by atoms with Crippen molar-refractivity contribution in [3.8, 4) is 0 Å². The highest BCUT2D eigenvalue weighted by molar-refractivity contribution is 5.71. The number of carbonyl (C=O) groups is 1. The highest BCUT2D eigenvalue weighted by Gasteiger charge is 2.49. The van der Waals surface area contributed by atoms with Crippen molar-refractivity contribution >= 4 is 5.97 Å². The molecule has 76 valence electrons. The SMILES string of the molecule is Cn1nncc1C1(O)CC(C(=O)O)C1. The van der Waals surface area contributed by atoms with Gasteiger partial charge in [0.05, 0.1) is 17.8 Å². The molecule has 1 aromatic heterocycles. The second-order valence-electron chi connectivity index (χ2n) is 3.72. The van der Waals surface area contributed by atoms with Gasteiger partial charge in [-0.05, 0) is 12.8 Å². The van der Waals surface area contributed by atoms with E-state index in [1.54, 1.807) is 7.05 Å². The predicted molar refractivity (Wildman–Crippen MR) is 45.3 cm³/mol. The Morgan fingerprint density at radius 2 is 2.36 bits per heavy atom. The molecule has 1 heterocycles. The fraction of sp³-hybridized carbons (Fsp3) is 0.625. The Kier molecular flexibility index (Phi) is 1.81. The Bertz CT molecular complexity index is 368. The molecule has 0 atom stereocenters. The van der Waals surface area contributed by atoms with Crippen LogP contribution in [0.5, 0.6) is 0 Å². The minimum atomic E-state index is -1.05. The molecule has 0 aromatic carbocycles. The average Bonchev–Trinajstić information content (AvgIpc) is 2.45. The maximum Gasteiger partial charge on any atom is 0.306 e. The van der Waals surface area contributed by atoms with Crippen molar-refractivity contribution in [2.75, 3.05) is 0 Å². The summed E-state index contributed by atoms with van der Waals surface area (Å²) in [5.74, 6) is -1.31. The standard InChI is InChI=1S/C8H11N3O3/c1-11-6(4-9-10-11)8(14)2-5(3-8)7(12)13/h4-5,14H,2-3H2,1H3,(H,12,13). The van der Waals surface area contributed by atoms with E-state index in [9.17, 15) is 9.90 Å². The second kappa shape index (κ2) is 2.78. The van der Waals surface area contributed by atoms with Gasteiger partial charge in [0.15, 0.2) is 0 Å². The van der Waals surface area contributed by atoms with E-state index in [0.717, 1.165) is 0 Å². The molecule has 0 unspecified atom stereocenters. The van der Waals surface area contributed by atoms with Gasteiger partial charge in [0.1, 0.15) is 5.60 Å². The zero-order chi connectivity index (χ0) is 10.3. The molecule has 6 nitrogen and oxygen atoms in total. The molecule has 1 saturated carbocycles. The van der Waals surface area contributed by atoms with Crippen molar-refractivity contribution in [2.24, 2.45) is 13.0 Å². The van der Waals surface area contributed by atoms with E-state index in [2.05, 4.69) is 10.3 Å². The van der Waals surface area contributed by atoms with E-state index in [4.69, 9.17) is 5.11 Å². The summed E-state index contributed by atoms with van der Waals surface area (Å²) in [6.45, 7) is 0. The quantitative estimate of drug-likeness (QED) is 0.667. The molecule has 0 bridgehead atoms. The molecular formula is C8H11N3O3. The minimum Gasteiger partial charge on any atom is -0.481 e. The van der Waals surface area contributed by atoms with Crippen LogP contribution >= 0.6 is 0 Å². The molecule has 2 rings (SSSR count). The van der Waals surface area contributed by atoms with Gasteiger partial charge in [0, 0.05) is 7.05 Å². The van der Waals surface area contributed by atoms with Crippen LogP contribution in [0.1, 0.15) is 18.5 Å². The molecule has 1 aliphatic carbocycles. The van der Waals surface area contributed by atoms with Crippen LogP contribution in [0, 0.1) is 5.92 Å². The first-order chi connectivity index (χ1) is 6.53. The third-order valence-electron chi connectivity index (χ3n) is 2.71. The fourth-order valence-corrected chi connectivity index (χ4v) is 1.85. The first-order valence-corrected chi connectivity index (χ1v) is 4.33. The first kappa shape index (κ1) is 9.14. The van der Waals surface area contributed by atoms with Crippen LogP contribution in [0.4, 0.5) is 0 Å². The summed E-state index contributed by atoms with van der Waals surface area (Å²) < 4.78 is 1.47. The van der Waals surface area contributed by atoms with Crippen LogP contribution in [0.25, 0.3) is 0 Å². The van der Waals surface area contributed by atoms with Crippen molar-refractivity contribution in [3.05, 3.63) is 11.9 Å². The topological polar surface area (TPSA) is 88.2 Å². The molecule has 0 saturated heterocycles. The van der Waals surface area contributed by atoms with Crippen LogP contribution < -0.4 is 0 Å². The number of aliphatic hydroxyl groups is 1. The molecule has 1 aromatic rings. The van der Waals surface area contributed by atoms with Gasteiger partial charge in [-0.2, -0.15) is 0 Å². The van der Waals surface area contributed by atoms with E-state index in [1.165, 1.54) is 10.9 Å². The van der Waals surface area contributed by atoms with Crippen LogP contribution in [-0.4, -0.2) is 31.2 Å². The molecule has 0 spiro atoms. The van der Waals surface area contributed by atoms with Crippen molar-refractivity contribution in [3.63, 3.8) is 0 Å². The third kappa shape index (κ3) is 1.19. The largest absolute Gasteiger partial charge is 0.481 e. The number of aromatic nitrogens is 3. The molecule has 0 amide bonds. The maximum atomic E-state index is 10.6. The van der Waals surface area contributed by atoms with Crippen LogP contribution in [-0.2, 0) is 17.4 Å². The smallest absolute Gasteiger partial charge is 0.306 e. The summed E-state index contributed by atoms with van der Waals surface area (Å²) in [7, 11) is 1.67. The van der Waals surface area contributed by atoms with Crippen molar-refractivity contribution in [1.82, 2.24) is 15.0 Å². The lowest BCUT2D eigenvalue weighted by molar-refractivity contribution is -0.160. The van der Waals surface area contributed by atoms with Crippen molar-refractivity contribution < 1.29 is 15.0 Å². The molecule has 1 fully saturated rings. The zero-order valence-electron chi connectivity index (χ0n) is 7.71. The van der Waals surface area contributed by atoms with Gasteiger partial charge in [0.2, 0.25) is 0 Å². The Labute approximate surface area is 80.2 Å². The summed E-state index contributed by atoms with van der Waals surface area (Å²) >= 11 is 0. The molecule has 1 aliphatic rings. The maximum absolute atomic E-state index is 10.6. The van der Waals surface area contributed by atoms with E-state index >= 15 is 0 Å². The lowest BCUT2D eigenvalue weighted by Crippen LogP contribution is -2.45. The fourth-order valence-electron chi connectivity index (χ4n) is 1.85. The Morgan fingerprint density at radius 3 is 2.79 bits per heavy atom. The Hall–Kier alpha value is -1.43. The molecule has 0 radical (unpaired) electrons. The van der Waals surface area contributed by atoms with Gasteiger partial charge in [-0.3, -0.25) is 4.79 Å². The zero-order valence-corrected chi connectivity index (χ0v) is 7.71. The van der Waals surface area contributed by atoms with Crippen LogP contribution in [0.15, 0.2) is 6.20 Å². The molecule has 2 N–H and O–H groups in total. The number of hydrogen-bond acceptors (Lipinski definition) is 4. The highest BCUT2D eigenvalue weighted by atomic mass is 16.4. The summed E-state index contributed by atoms with van der Waals surface area (Å²) in [6, 6.07) is 0. The number of hydrogen-bond donors (Lipinski definition) is 2. The van der Waals surface area contributed by atoms with Gasteiger partial charge < -0.3 is 10.2 Å². The normalized spacial score (nSPS) is 31.1. The predicted octanol–water partition coefficient (Wildman–Crippen LogP) is -0.503. The molecular weight excluding hydrogens is 186 g/mol. The average molecular weight is 197 g/mol. The number of aryl methyl sites for hydroxylation is 1. The van der Waals surface area contributed by atoms with Gasteiger partial charge >= 0.3 is 5.97 Å². The number of rotatable bonds is 2. The highest BCUT2D eigenvalue weighted by Crippen LogP contribution is 2.45.